The molecule has 3 N–H and O–H groups in total. The highest BCUT2D eigenvalue weighted by Gasteiger charge is 2.09. The summed E-state index contributed by atoms with van der Waals surface area (Å²) in [5.41, 5.74) is 6.50. The molecule has 20 heavy (non-hydrogen) atoms. The van der Waals surface area contributed by atoms with Crippen LogP contribution in [0.3, 0.4) is 0 Å². The Hall–Kier alpha value is -1.84. The van der Waals surface area contributed by atoms with Crippen LogP contribution < -0.4 is 16.0 Å². The Labute approximate surface area is 120 Å². The third-order valence-electron chi connectivity index (χ3n) is 3.35. The third kappa shape index (κ3) is 4.08. The summed E-state index contributed by atoms with van der Waals surface area (Å²) in [5.74, 6) is 6.55. The van der Waals surface area contributed by atoms with Gasteiger partial charge in [-0.25, -0.2) is 0 Å². The lowest BCUT2D eigenvalue weighted by Gasteiger charge is -2.17. The summed E-state index contributed by atoms with van der Waals surface area (Å²) in [5, 5.41) is 0. The number of hydrogen-bond donors (Lipinski definition) is 2. The first-order chi connectivity index (χ1) is 9.69. The van der Waals surface area contributed by atoms with E-state index in [4.69, 9.17) is 10.6 Å². The number of hydrazine groups is 1. The van der Waals surface area contributed by atoms with Gasteiger partial charge in [0.2, 0.25) is 0 Å². The Morgan fingerprint density at radius 2 is 1.80 bits per heavy atom. The first kappa shape index (κ1) is 14.6. The molecular formula is C17H22N2O. The molecule has 0 aromatic heterocycles. The van der Waals surface area contributed by atoms with Crippen molar-refractivity contribution in [3.63, 3.8) is 0 Å². The van der Waals surface area contributed by atoms with E-state index >= 15 is 0 Å². The minimum atomic E-state index is 0.111. The normalized spacial score (nSPS) is 12.2. The van der Waals surface area contributed by atoms with Crippen LogP contribution in [0.4, 0.5) is 0 Å². The van der Waals surface area contributed by atoms with E-state index in [-0.39, 0.29) is 6.04 Å². The van der Waals surface area contributed by atoms with Gasteiger partial charge in [0, 0.05) is 12.5 Å². The maximum Gasteiger partial charge on any atom is 0.119 e. The number of ether oxygens (including phenoxy) is 1. The highest BCUT2D eigenvalue weighted by atomic mass is 16.5. The molecule has 2 aromatic carbocycles. The van der Waals surface area contributed by atoms with E-state index < -0.39 is 0 Å². The van der Waals surface area contributed by atoms with Gasteiger partial charge in [0.25, 0.3) is 0 Å². The molecule has 106 valence electrons. The van der Waals surface area contributed by atoms with E-state index in [1.165, 1.54) is 16.7 Å². The van der Waals surface area contributed by atoms with Crippen LogP contribution in [0.1, 0.15) is 29.2 Å². The molecule has 1 unspecified atom stereocenters. The van der Waals surface area contributed by atoms with Gasteiger partial charge in [0.15, 0.2) is 0 Å². The van der Waals surface area contributed by atoms with Crippen molar-refractivity contribution >= 4 is 0 Å². The van der Waals surface area contributed by atoms with Crippen LogP contribution in [0.25, 0.3) is 0 Å². The van der Waals surface area contributed by atoms with Crippen molar-refractivity contribution in [1.29, 1.82) is 0 Å². The summed E-state index contributed by atoms with van der Waals surface area (Å²) in [4.78, 5) is 0. The van der Waals surface area contributed by atoms with Crippen molar-refractivity contribution in [2.24, 2.45) is 5.84 Å². The van der Waals surface area contributed by atoms with Gasteiger partial charge in [-0.05, 0) is 37.1 Å². The molecule has 0 spiro atoms. The molecule has 0 radical (unpaired) electrons. The molecule has 0 amide bonds. The van der Waals surface area contributed by atoms with Crippen molar-refractivity contribution in [1.82, 2.24) is 5.43 Å². The lowest BCUT2D eigenvalue weighted by Crippen LogP contribution is -2.29. The predicted molar refractivity (Wildman–Crippen MR) is 82.5 cm³/mol. The Bertz CT molecular complexity index is 537. The van der Waals surface area contributed by atoms with Crippen molar-refractivity contribution in [3.8, 4) is 5.75 Å². The van der Waals surface area contributed by atoms with Gasteiger partial charge in [-0.1, -0.05) is 42.0 Å². The van der Waals surface area contributed by atoms with E-state index in [0.717, 1.165) is 12.2 Å². The minimum absolute atomic E-state index is 0.111. The Morgan fingerprint density at radius 1 is 1.05 bits per heavy atom. The molecule has 0 saturated heterocycles. The van der Waals surface area contributed by atoms with Crippen LogP contribution in [0.2, 0.25) is 0 Å². The predicted octanol–water partition coefficient (Wildman–Crippen LogP) is 3.28. The van der Waals surface area contributed by atoms with Crippen molar-refractivity contribution in [2.75, 3.05) is 6.61 Å². The van der Waals surface area contributed by atoms with Crippen LogP contribution >= 0.6 is 0 Å². The van der Waals surface area contributed by atoms with Gasteiger partial charge in [0.05, 0.1) is 6.61 Å². The van der Waals surface area contributed by atoms with Crippen LogP contribution in [0.5, 0.6) is 5.75 Å². The average Bonchev–Trinajstić information content (AvgIpc) is 2.45. The largest absolute Gasteiger partial charge is 0.494 e. The second-order valence-corrected chi connectivity index (χ2v) is 5.08. The number of nitrogens with two attached hydrogens (primary N) is 1. The zero-order valence-corrected chi connectivity index (χ0v) is 12.1. The van der Waals surface area contributed by atoms with Crippen LogP contribution in [-0.2, 0) is 0 Å². The fraction of sp³-hybridized carbons (Fsp3) is 0.294. The maximum atomic E-state index is 5.77. The number of aryl methyl sites for hydroxylation is 2. The highest BCUT2D eigenvalue weighted by molar-refractivity contribution is 5.27. The summed E-state index contributed by atoms with van der Waals surface area (Å²) in [6, 6.07) is 16.6. The summed E-state index contributed by atoms with van der Waals surface area (Å²) >= 11 is 0. The van der Waals surface area contributed by atoms with Crippen molar-refractivity contribution in [2.45, 2.75) is 26.3 Å². The van der Waals surface area contributed by atoms with Crippen LogP contribution in [-0.4, -0.2) is 6.61 Å². The molecule has 0 aliphatic heterocycles. The first-order valence-electron chi connectivity index (χ1n) is 6.91. The smallest absolute Gasteiger partial charge is 0.119 e. The molecule has 0 fully saturated rings. The molecule has 0 aliphatic carbocycles. The standard InChI is InChI=1S/C17H22N2O/c1-13-6-8-15(9-7-13)17(19-18)10-11-20-16-5-3-4-14(2)12-16/h3-9,12,17,19H,10-11,18H2,1-2H3. The van der Waals surface area contributed by atoms with Gasteiger partial charge < -0.3 is 4.74 Å². The SMILES string of the molecule is Cc1ccc(C(CCOc2cccc(C)c2)NN)cc1. The van der Waals surface area contributed by atoms with Gasteiger partial charge in [0.1, 0.15) is 5.75 Å². The quantitative estimate of drug-likeness (QED) is 0.625. The molecule has 3 heteroatoms. The number of benzene rings is 2. The van der Waals surface area contributed by atoms with Gasteiger partial charge >= 0.3 is 0 Å². The van der Waals surface area contributed by atoms with Gasteiger partial charge in [-0.2, -0.15) is 0 Å². The van der Waals surface area contributed by atoms with E-state index in [1.807, 2.05) is 18.2 Å². The Morgan fingerprint density at radius 3 is 2.45 bits per heavy atom. The average molecular weight is 270 g/mol. The summed E-state index contributed by atoms with van der Waals surface area (Å²) in [7, 11) is 0. The summed E-state index contributed by atoms with van der Waals surface area (Å²) in [6.45, 7) is 4.77. The zero-order valence-electron chi connectivity index (χ0n) is 12.1. The second-order valence-electron chi connectivity index (χ2n) is 5.08. The van der Waals surface area contributed by atoms with Crippen LogP contribution in [0, 0.1) is 13.8 Å². The molecule has 0 aliphatic rings. The molecule has 1 atom stereocenters. The highest BCUT2D eigenvalue weighted by Crippen LogP contribution is 2.18. The van der Waals surface area contributed by atoms with Crippen molar-refractivity contribution in [3.05, 3.63) is 65.2 Å². The fourth-order valence-electron chi connectivity index (χ4n) is 2.14. The molecular weight excluding hydrogens is 248 g/mol. The third-order valence-corrected chi connectivity index (χ3v) is 3.35. The summed E-state index contributed by atoms with van der Waals surface area (Å²) in [6.07, 6.45) is 0.827. The maximum absolute atomic E-state index is 5.77. The molecule has 2 aromatic rings. The fourth-order valence-corrected chi connectivity index (χ4v) is 2.14. The molecule has 0 bridgehead atoms. The topological polar surface area (TPSA) is 47.3 Å². The van der Waals surface area contributed by atoms with E-state index in [2.05, 4.69) is 49.6 Å². The minimum Gasteiger partial charge on any atom is -0.494 e. The van der Waals surface area contributed by atoms with Gasteiger partial charge in [-0.15, -0.1) is 0 Å². The molecule has 0 heterocycles. The second kappa shape index (κ2) is 7.08. The summed E-state index contributed by atoms with van der Waals surface area (Å²) < 4.78 is 5.77. The molecule has 3 nitrogen and oxygen atoms in total. The Balaban J connectivity index is 1.89. The Kier molecular flexibility index (Phi) is 5.16. The molecule has 2 rings (SSSR count). The zero-order chi connectivity index (χ0) is 14.4. The number of rotatable bonds is 6. The van der Waals surface area contributed by atoms with Crippen molar-refractivity contribution < 1.29 is 4.74 Å². The molecule has 0 saturated carbocycles. The number of nitrogens with one attached hydrogen (secondary N) is 1. The van der Waals surface area contributed by atoms with E-state index in [1.54, 1.807) is 0 Å². The lowest BCUT2D eigenvalue weighted by atomic mass is 10.0. The van der Waals surface area contributed by atoms with E-state index in [0.29, 0.717) is 6.61 Å². The number of hydrogen-bond acceptors (Lipinski definition) is 3. The lowest BCUT2D eigenvalue weighted by molar-refractivity contribution is 0.287. The van der Waals surface area contributed by atoms with E-state index in [9.17, 15) is 0 Å². The van der Waals surface area contributed by atoms with Crippen LogP contribution in [0.15, 0.2) is 48.5 Å². The first-order valence-corrected chi connectivity index (χ1v) is 6.91. The van der Waals surface area contributed by atoms with Gasteiger partial charge in [-0.3, -0.25) is 11.3 Å². The monoisotopic (exact) mass is 270 g/mol.